The summed E-state index contributed by atoms with van der Waals surface area (Å²) < 4.78 is 1.92. The number of anilines is 1. The Hall–Kier alpha value is -3.15. The molecule has 1 fully saturated rings. The second-order valence-corrected chi connectivity index (χ2v) is 7.75. The van der Waals surface area contributed by atoms with E-state index in [1.54, 1.807) is 6.20 Å². The molecule has 6 nitrogen and oxygen atoms in total. The second kappa shape index (κ2) is 9.57. The first kappa shape index (κ1) is 20.1. The van der Waals surface area contributed by atoms with Crippen LogP contribution in [0.4, 0.5) is 5.82 Å². The van der Waals surface area contributed by atoms with E-state index >= 15 is 0 Å². The monoisotopic (exact) mass is 403 g/mol. The fourth-order valence-corrected chi connectivity index (χ4v) is 4.01. The lowest BCUT2D eigenvalue weighted by Crippen LogP contribution is -2.30. The lowest BCUT2D eigenvalue weighted by Gasteiger charge is -2.27. The third-order valence-corrected chi connectivity index (χ3v) is 5.65. The Kier molecular flexibility index (Phi) is 6.42. The van der Waals surface area contributed by atoms with Crippen LogP contribution >= 0.6 is 0 Å². The number of pyridine rings is 1. The highest BCUT2D eigenvalue weighted by Crippen LogP contribution is 2.18. The number of rotatable bonds is 7. The molecule has 30 heavy (non-hydrogen) atoms. The van der Waals surface area contributed by atoms with Crippen molar-refractivity contribution in [3.63, 3.8) is 0 Å². The van der Waals surface area contributed by atoms with Crippen LogP contribution in [0, 0.1) is 0 Å². The number of carbonyl (C=O) groups is 1. The molecule has 3 heterocycles. The van der Waals surface area contributed by atoms with Crippen molar-refractivity contribution in [1.82, 2.24) is 20.1 Å². The molecule has 3 aromatic rings. The molecular weight excluding hydrogens is 374 g/mol. The van der Waals surface area contributed by atoms with Crippen LogP contribution in [-0.4, -0.2) is 33.8 Å². The Morgan fingerprint density at radius 2 is 1.87 bits per heavy atom. The Morgan fingerprint density at radius 3 is 2.63 bits per heavy atom. The standard InChI is InChI=1S/C24H29N5O/c1-2-22-21(17-27-29(22)18-19-9-5-3-6-10-19)24(30)26-16-20-11-12-25-23(15-20)28-13-7-4-8-14-28/h3,5-6,9-12,15,17H,2,4,7-8,13-14,16,18H2,1H3,(H,26,30). The summed E-state index contributed by atoms with van der Waals surface area (Å²) in [6.07, 6.45) is 8.00. The second-order valence-electron chi connectivity index (χ2n) is 7.75. The van der Waals surface area contributed by atoms with Crippen molar-refractivity contribution in [3.8, 4) is 0 Å². The van der Waals surface area contributed by atoms with Gasteiger partial charge in [0.1, 0.15) is 5.82 Å². The fraction of sp³-hybridized carbons (Fsp3) is 0.375. The molecule has 0 radical (unpaired) electrons. The fourth-order valence-electron chi connectivity index (χ4n) is 4.01. The van der Waals surface area contributed by atoms with Crippen molar-refractivity contribution in [2.24, 2.45) is 0 Å². The number of amides is 1. The number of benzene rings is 1. The molecule has 0 unspecified atom stereocenters. The third kappa shape index (κ3) is 4.70. The van der Waals surface area contributed by atoms with E-state index in [-0.39, 0.29) is 5.91 Å². The van der Waals surface area contributed by atoms with Gasteiger partial charge in [-0.15, -0.1) is 0 Å². The predicted octanol–water partition coefficient (Wildman–Crippen LogP) is 3.81. The molecule has 1 aromatic carbocycles. The van der Waals surface area contributed by atoms with E-state index in [0.29, 0.717) is 18.7 Å². The summed E-state index contributed by atoms with van der Waals surface area (Å²) in [5, 5.41) is 7.53. The molecule has 1 saturated heterocycles. The number of hydrogen-bond acceptors (Lipinski definition) is 4. The van der Waals surface area contributed by atoms with Crippen molar-refractivity contribution >= 4 is 11.7 Å². The average molecular weight is 404 g/mol. The van der Waals surface area contributed by atoms with Crippen LogP contribution in [0.1, 0.15) is 53.4 Å². The van der Waals surface area contributed by atoms with Gasteiger partial charge >= 0.3 is 0 Å². The van der Waals surface area contributed by atoms with Crippen LogP contribution in [0.2, 0.25) is 0 Å². The summed E-state index contributed by atoms with van der Waals surface area (Å²) in [7, 11) is 0. The lowest BCUT2D eigenvalue weighted by atomic mass is 10.1. The van der Waals surface area contributed by atoms with Gasteiger partial charge in [-0.2, -0.15) is 5.10 Å². The number of nitrogens with zero attached hydrogens (tertiary/aromatic N) is 4. The van der Waals surface area contributed by atoms with Gasteiger partial charge in [-0.3, -0.25) is 9.48 Å². The highest BCUT2D eigenvalue weighted by molar-refractivity contribution is 5.95. The first-order valence-corrected chi connectivity index (χ1v) is 10.8. The Balaban J connectivity index is 1.42. The lowest BCUT2D eigenvalue weighted by molar-refractivity contribution is 0.0950. The predicted molar refractivity (Wildman–Crippen MR) is 119 cm³/mol. The zero-order valence-electron chi connectivity index (χ0n) is 17.6. The summed E-state index contributed by atoms with van der Waals surface area (Å²) in [5.41, 5.74) is 3.84. The van der Waals surface area contributed by atoms with E-state index < -0.39 is 0 Å². The van der Waals surface area contributed by atoms with Crippen molar-refractivity contribution in [3.05, 3.63) is 77.2 Å². The number of piperidine rings is 1. The van der Waals surface area contributed by atoms with Gasteiger partial charge in [0.15, 0.2) is 0 Å². The molecule has 1 aliphatic rings. The maximum Gasteiger partial charge on any atom is 0.255 e. The quantitative estimate of drug-likeness (QED) is 0.652. The Bertz CT molecular complexity index is 976. The number of hydrogen-bond donors (Lipinski definition) is 1. The molecule has 156 valence electrons. The third-order valence-electron chi connectivity index (χ3n) is 5.65. The van der Waals surface area contributed by atoms with Crippen LogP contribution in [0.3, 0.4) is 0 Å². The van der Waals surface area contributed by atoms with Gasteiger partial charge < -0.3 is 10.2 Å². The molecule has 2 aromatic heterocycles. The zero-order valence-corrected chi connectivity index (χ0v) is 17.6. The van der Waals surface area contributed by atoms with Crippen molar-refractivity contribution in [1.29, 1.82) is 0 Å². The van der Waals surface area contributed by atoms with Crippen LogP contribution in [0.5, 0.6) is 0 Å². The van der Waals surface area contributed by atoms with Crippen molar-refractivity contribution in [2.75, 3.05) is 18.0 Å². The highest BCUT2D eigenvalue weighted by Gasteiger charge is 2.17. The Morgan fingerprint density at radius 1 is 1.07 bits per heavy atom. The van der Waals surface area contributed by atoms with Gasteiger partial charge in [0.05, 0.1) is 24.0 Å². The van der Waals surface area contributed by atoms with Gasteiger partial charge in [-0.25, -0.2) is 4.98 Å². The minimum atomic E-state index is -0.0810. The molecule has 0 spiro atoms. The van der Waals surface area contributed by atoms with E-state index in [9.17, 15) is 4.79 Å². The SMILES string of the molecule is CCc1c(C(=O)NCc2ccnc(N3CCCCC3)c2)cnn1Cc1ccccc1. The van der Waals surface area contributed by atoms with Crippen molar-refractivity contribution in [2.45, 2.75) is 45.7 Å². The number of carbonyl (C=O) groups excluding carboxylic acids is 1. The number of aromatic nitrogens is 3. The summed E-state index contributed by atoms with van der Waals surface area (Å²) in [5.74, 6) is 0.925. The first-order chi connectivity index (χ1) is 14.7. The average Bonchev–Trinajstić information content (AvgIpc) is 3.21. The van der Waals surface area contributed by atoms with Crippen molar-refractivity contribution < 1.29 is 4.79 Å². The van der Waals surface area contributed by atoms with Crippen LogP contribution in [0.15, 0.2) is 54.9 Å². The first-order valence-electron chi connectivity index (χ1n) is 10.8. The van der Waals surface area contributed by atoms with Crippen LogP contribution in [0.25, 0.3) is 0 Å². The maximum atomic E-state index is 12.9. The molecule has 1 aliphatic heterocycles. The van der Waals surface area contributed by atoms with E-state index in [0.717, 1.165) is 36.6 Å². The molecule has 6 heteroatoms. The van der Waals surface area contributed by atoms with Gasteiger partial charge in [-0.05, 0) is 48.9 Å². The molecule has 0 bridgehead atoms. The molecule has 0 saturated carbocycles. The van der Waals surface area contributed by atoms with E-state index in [4.69, 9.17) is 0 Å². The van der Waals surface area contributed by atoms with Gasteiger partial charge in [0, 0.05) is 25.8 Å². The zero-order chi connectivity index (χ0) is 20.8. The maximum absolute atomic E-state index is 12.9. The molecule has 1 amide bonds. The number of nitrogens with one attached hydrogen (secondary N) is 1. The van der Waals surface area contributed by atoms with Gasteiger partial charge in [0.2, 0.25) is 0 Å². The normalized spacial score (nSPS) is 14.0. The summed E-state index contributed by atoms with van der Waals surface area (Å²) in [6, 6.07) is 14.2. The van der Waals surface area contributed by atoms with Gasteiger partial charge in [-0.1, -0.05) is 37.3 Å². The van der Waals surface area contributed by atoms with E-state index in [1.807, 2.05) is 35.1 Å². The molecule has 1 N–H and O–H groups in total. The molecule has 4 rings (SSSR count). The minimum absolute atomic E-state index is 0.0810. The topological polar surface area (TPSA) is 63.1 Å². The summed E-state index contributed by atoms with van der Waals surface area (Å²) >= 11 is 0. The highest BCUT2D eigenvalue weighted by atomic mass is 16.1. The van der Waals surface area contributed by atoms with E-state index in [1.165, 1.54) is 24.8 Å². The largest absolute Gasteiger partial charge is 0.357 e. The van der Waals surface area contributed by atoms with Crippen LogP contribution < -0.4 is 10.2 Å². The van der Waals surface area contributed by atoms with E-state index in [2.05, 4.69) is 45.4 Å². The van der Waals surface area contributed by atoms with Crippen LogP contribution in [-0.2, 0) is 19.5 Å². The summed E-state index contributed by atoms with van der Waals surface area (Å²) in [6.45, 7) is 5.33. The molecule has 0 aliphatic carbocycles. The smallest absolute Gasteiger partial charge is 0.255 e. The Labute approximate surface area is 177 Å². The van der Waals surface area contributed by atoms with Gasteiger partial charge in [0.25, 0.3) is 5.91 Å². The minimum Gasteiger partial charge on any atom is -0.357 e. The molecule has 0 atom stereocenters. The molecular formula is C24H29N5O. The summed E-state index contributed by atoms with van der Waals surface area (Å²) in [4.78, 5) is 19.7.